The Morgan fingerprint density at radius 2 is 1.83 bits per heavy atom. The smallest absolute Gasteiger partial charge is 0.163 e. The van der Waals surface area contributed by atoms with Gasteiger partial charge in [0.1, 0.15) is 11.9 Å². The van der Waals surface area contributed by atoms with Gasteiger partial charge >= 0.3 is 0 Å². The molecule has 0 saturated carbocycles. The molecule has 0 saturated heterocycles. The van der Waals surface area contributed by atoms with Crippen LogP contribution >= 0.6 is 11.6 Å². The Kier molecular flexibility index (Phi) is 4.28. The summed E-state index contributed by atoms with van der Waals surface area (Å²) in [5.74, 6) is 1.44. The van der Waals surface area contributed by atoms with Crippen molar-refractivity contribution in [3.8, 4) is 11.1 Å². The highest BCUT2D eigenvalue weighted by molar-refractivity contribution is 6.30. The number of fused-ring (bicyclic) bond motifs is 1. The lowest BCUT2D eigenvalue weighted by atomic mass is 9.81. The number of carbonyl (C=O) groups excluding carboxylic acids is 1. The second-order valence-corrected chi connectivity index (χ2v) is 8.33. The summed E-state index contributed by atoms with van der Waals surface area (Å²) in [6.45, 7) is 4.13. The third-order valence-corrected chi connectivity index (χ3v) is 5.99. The summed E-state index contributed by atoms with van der Waals surface area (Å²) >= 11 is 6.10. The molecule has 0 amide bonds. The third-order valence-electron chi connectivity index (χ3n) is 5.74. The number of anilines is 1. The van der Waals surface area contributed by atoms with E-state index in [4.69, 9.17) is 16.7 Å². The number of allylic oxidation sites excluding steroid dienone is 2. The zero-order valence-electron chi connectivity index (χ0n) is 16.3. The number of hydrogen-bond donors (Lipinski definition) is 1. The van der Waals surface area contributed by atoms with Crippen LogP contribution in [0.3, 0.4) is 0 Å². The van der Waals surface area contributed by atoms with Crippen LogP contribution in [0.2, 0.25) is 5.02 Å². The molecule has 0 spiro atoms. The Morgan fingerprint density at radius 3 is 2.55 bits per heavy atom. The molecule has 29 heavy (non-hydrogen) atoms. The minimum atomic E-state index is -0.246. The summed E-state index contributed by atoms with van der Waals surface area (Å²) in [4.78, 5) is 17.2. The van der Waals surface area contributed by atoms with Gasteiger partial charge < -0.3 is 5.32 Å². The summed E-state index contributed by atoms with van der Waals surface area (Å²) in [5.41, 5.74) is 5.86. The molecule has 1 aromatic carbocycles. The maximum Gasteiger partial charge on any atom is 0.163 e. The Morgan fingerprint density at radius 1 is 1.10 bits per heavy atom. The second-order valence-electron chi connectivity index (χ2n) is 7.90. The molecular weight excluding hydrogens is 384 g/mol. The molecule has 1 aliphatic heterocycles. The van der Waals surface area contributed by atoms with Crippen LogP contribution in [0, 0.1) is 12.8 Å². The maximum absolute atomic E-state index is 13.1. The van der Waals surface area contributed by atoms with Crippen LogP contribution < -0.4 is 5.32 Å². The zero-order valence-corrected chi connectivity index (χ0v) is 17.1. The van der Waals surface area contributed by atoms with Crippen LogP contribution in [0.5, 0.6) is 0 Å². The topological polar surface area (TPSA) is 59.8 Å². The highest BCUT2D eigenvalue weighted by atomic mass is 35.5. The van der Waals surface area contributed by atoms with Crippen LogP contribution in [0.15, 0.2) is 60.1 Å². The summed E-state index contributed by atoms with van der Waals surface area (Å²) < 4.78 is 1.96. The molecule has 5 nitrogen and oxygen atoms in total. The molecule has 3 heterocycles. The number of halogens is 1. The molecule has 2 unspecified atom stereocenters. The van der Waals surface area contributed by atoms with Gasteiger partial charge in [-0.2, -0.15) is 5.10 Å². The first-order chi connectivity index (χ1) is 14.0. The van der Waals surface area contributed by atoms with Crippen molar-refractivity contribution in [2.24, 2.45) is 5.92 Å². The fourth-order valence-corrected chi connectivity index (χ4v) is 4.62. The molecule has 0 radical (unpaired) electrons. The average Bonchev–Trinajstić information content (AvgIpc) is 3.03. The molecule has 2 aliphatic rings. The Labute approximate surface area is 174 Å². The summed E-state index contributed by atoms with van der Waals surface area (Å²) in [6.07, 6.45) is 4.96. The van der Waals surface area contributed by atoms with Crippen molar-refractivity contribution in [3.05, 3.63) is 76.3 Å². The highest BCUT2D eigenvalue weighted by Crippen LogP contribution is 2.45. The highest BCUT2D eigenvalue weighted by Gasteiger charge is 2.39. The monoisotopic (exact) mass is 404 g/mol. The number of pyridine rings is 1. The van der Waals surface area contributed by atoms with Crippen molar-refractivity contribution in [2.45, 2.75) is 32.7 Å². The van der Waals surface area contributed by atoms with E-state index in [1.807, 2.05) is 48.0 Å². The largest absolute Gasteiger partial charge is 0.343 e. The van der Waals surface area contributed by atoms with Crippen molar-refractivity contribution in [1.29, 1.82) is 0 Å². The number of nitrogens with zero attached hydrogens (tertiary/aromatic N) is 3. The number of carbonyl (C=O) groups is 1. The second kappa shape index (κ2) is 6.85. The number of nitrogens with one attached hydrogen (secondary N) is 1. The van der Waals surface area contributed by atoms with Crippen molar-refractivity contribution < 1.29 is 4.79 Å². The third kappa shape index (κ3) is 2.97. The molecule has 1 N–H and O–H groups in total. The Balaban J connectivity index is 1.74. The van der Waals surface area contributed by atoms with Gasteiger partial charge in [0.2, 0.25) is 0 Å². The molecule has 1 aliphatic carbocycles. The quantitative estimate of drug-likeness (QED) is 0.639. The van der Waals surface area contributed by atoms with Crippen LogP contribution in [-0.4, -0.2) is 20.5 Å². The van der Waals surface area contributed by atoms with Gasteiger partial charge in [-0.1, -0.05) is 30.7 Å². The standard InChI is InChI=1S/C23H21ClN4O/c1-13-11-18-21(19(29)12-13)22(16-7-9-25-10-8-16)28-23(26-18)20(14(2)27-28)15-3-5-17(24)6-4-15/h3-10,13,22,26H,11-12H2,1-2H3. The molecule has 2 atom stereocenters. The van der Waals surface area contributed by atoms with E-state index >= 15 is 0 Å². The molecule has 0 fully saturated rings. The first kappa shape index (κ1) is 18.1. The van der Waals surface area contributed by atoms with Crippen molar-refractivity contribution in [2.75, 3.05) is 5.32 Å². The minimum Gasteiger partial charge on any atom is -0.343 e. The molecule has 6 heteroatoms. The van der Waals surface area contributed by atoms with Gasteiger partial charge in [-0.05, 0) is 54.7 Å². The maximum atomic E-state index is 13.1. The number of rotatable bonds is 2. The lowest BCUT2D eigenvalue weighted by Gasteiger charge is -2.35. The van der Waals surface area contributed by atoms with E-state index in [1.165, 1.54) is 0 Å². The van der Waals surface area contributed by atoms with Crippen LogP contribution in [0.25, 0.3) is 11.1 Å². The predicted octanol–water partition coefficient (Wildman–Crippen LogP) is 5.17. The Bertz CT molecular complexity index is 1130. The van der Waals surface area contributed by atoms with Gasteiger partial charge in [-0.3, -0.25) is 9.78 Å². The van der Waals surface area contributed by atoms with Gasteiger partial charge in [0.05, 0.1) is 5.69 Å². The SMILES string of the molecule is Cc1nn2c(c1-c1ccc(Cl)cc1)NC1=C(C(=O)CC(C)C1)C2c1ccncc1. The number of benzene rings is 1. The molecule has 3 aromatic rings. The predicted molar refractivity (Wildman–Crippen MR) is 114 cm³/mol. The lowest BCUT2D eigenvalue weighted by Crippen LogP contribution is -2.33. The van der Waals surface area contributed by atoms with Gasteiger partial charge in [0.25, 0.3) is 0 Å². The normalized spacial score (nSPS) is 20.9. The number of ketones is 1. The van der Waals surface area contributed by atoms with Crippen LogP contribution in [0.4, 0.5) is 5.82 Å². The number of aryl methyl sites for hydroxylation is 1. The number of aromatic nitrogens is 3. The zero-order chi connectivity index (χ0) is 20.1. The molecule has 146 valence electrons. The van der Waals surface area contributed by atoms with Crippen molar-refractivity contribution in [3.63, 3.8) is 0 Å². The van der Waals surface area contributed by atoms with Gasteiger partial charge in [-0.15, -0.1) is 0 Å². The lowest BCUT2D eigenvalue weighted by molar-refractivity contribution is -0.117. The number of Topliss-reactive ketones (excluding diaryl/α,β-unsaturated/α-hetero) is 1. The van der Waals surface area contributed by atoms with Gasteiger partial charge in [0.15, 0.2) is 5.78 Å². The van der Waals surface area contributed by atoms with Crippen molar-refractivity contribution in [1.82, 2.24) is 14.8 Å². The summed E-state index contributed by atoms with van der Waals surface area (Å²) in [6, 6.07) is 11.5. The Hall–Kier alpha value is -2.92. The molecular formula is C23H21ClN4O. The van der Waals surface area contributed by atoms with Crippen LogP contribution in [0.1, 0.15) is 37.1 Å². The van der Waals surface area contributed by atoms with E-state index in [-0.39, 0.29) is 11.8 Å². The van der Waals surface area contributed by atoms with E-state index in [2.05, 4.69) is 17.2 Å². The van der Waals surface area contributed by atoms with E-state index < -0.39 is 0 Å². The summed E-state index contributed by atoms with van der Waals surface area (Å²) in [7, 11) is 0. The summed E-state index contributed by atoms with van der Waals surface area (Å²) in [5, 5.41) is 9.14. The first-order valence-corrected chi connectivity index (χ1v) is 10.2. The average molecular weight is 405 g/mol. The van der Waals surface area contributed by atoms with Gasteiger partial charge in [0, 0.05) is 40.7 Å². The fraction of sp³-hybridized carbons (Fsp3) is 0.261. The van der Waals surface area contributed by atoms with Crippen molar-refractivity contribution >= 4 is 23.2 Å². The molecule has 2 aromatic heterocycles. The van der Waals surface area contributed by atoms with E-state index in [0.717, 1.165) is 45.9 Å². The van der Waals surface area contributed by atoms with E-state index in [1.54, 1.807) is 12.4 Å². The molecule has 5 rings (SSSR count). The van der Waals surface area contributed by atoms with Gasteiger partial charge in [-0.25, -0.2) is 4.68 Å². The minimum absolute atomic E-state index is 0.194. The first-order valence-electron chi connectivity index (χ1n) is 9.81. The van der Waals surface area contributed by atoms with E-state index in [9.17, 15) is 4.79 Å². The van der Waals surface area contributed by atoms with E-state index in [0.29, 0.717) is 17.4 Å². The molecule has 0 bridgehead atoms. The van der Waals surface area contributed by atoms with Crippen LogP contribution in [-0.2, 0) is 4.79 Å². The fourth-order valence-electron chi connectivity index (χ4n) is 4.50. The number of hydrogen-bond acceptors (Lipinski definition) is 4.